The SMILES string of the molecule is CC[C@@H](O)[C@@H](O)CCCC(C)C. The molecule has 0 saturated carbocycles. The van der Waals surface area contributed by atoms with Gasteiger partial charge in [0.05, 0.1) is 12.2 Å². The lowest BCUT2D eigenvalue weighted by Gasteiger charge is -2.16. The number of rotatable bonds is 6. The molecule has 2 atom stereocenters. The molecule has 0 saturated heterocycles. The summed E-state index contributed by atoms with van der Waals surface area (Å²) in [5.41, 5.74) is 0. The first-order valence-electron chi connectivity index (χ1n) is 4.94. The maximum absolute atomic E-state index is 9.38. The number of aliphatic hydroxyl groups is 2. The minimum absolute atomic E-state index is 0.520. The lowest BCUT2D eigenvalue weighted by Crippen LogP contribution is -2.24. The fraction of sp³-hybridized carbons (Fsp3) is 1.00. The molecule has 0 spiro atoms. The molecule has 0 aromatic carbocycles. The lowest BCUT2D eigenvalue weighted by molar-refractivity contribution is 0.0110. The predicted molar refractivity (Wildman–Crippen MR) is 51.0 cm³/mol. The summed E-state index contributed by atoms with van der Waals surface area (Å²) in [7, 11) is 0. The van der Waals surface area contributed by atoms with Crippen molar-refractivity contribution in [1.82, 2.24) is 0 Å². The van der Waals surface area contributed by atoms with Crippen molar-refractivity contribution < 1.29 is 10.2 Å². The molecule has 0 aliphatic carbocycles. The Morgan fingerprint density at radius 3 is 2.00 bits per heavy atom. The monoisotopic (exact) mass is 174 g/mol. The Morgan fingerprint density at radius 1 is 1.00 bits per heavy atom. The van der Waals surface area contributed by atoms with E-state index in [1.807, 2.05) is 6.92 Å². The van der Waals surface area contributed by atoms with Gasteiger partial charge in [-0.2, -0.15) is 0 Å². The van der Waals surface area contributed by atoms with Gasteiger partial charge in [0.1, 0.15) is 0 Å². The zero-order chi connectivity index (χ0) is 9.56. The second kappa shape index (κ2) is 6.44. The van der Waals surface area contributed by atoms with Gasteiger partial charge < -0.3 is 10.2 Å². The zero-order valence-electron chi connectivity index (χ0n) is 8.45. The Labute approximate surface area is 75.6 Å². The van der Waals surface area contributed by atoms with E-state index in [2.05, 4.69) is 13.8 Å². The highest BCUT2D eigenvalue weighted by Gasteiger charge is 2.13. The third-order valence-electron chi connectivity index (χ3n) is 2.14. The van der Waals surface area contributed by atoms with Crippen LogP contribution in [0.25, 0.3) is 0 Å². The first kappa shape index (κ1) is 11.9. The highest BCUT2D eigenvalue weighted by atomic mass is 16.3. The molecule has 12 heavy (non-hydrogen) atoms. The van der Waals surface area contributed by atoms with E-state index < -0.39 is 12.2 Å². The first-order chi connectivity index (χ1) is 5.57. The van der Waals surface area contributed by atoms with Gasteiger partial charge in [-0.15, -0.1) is 0 Å². The maximum Gasteiger partial charge on any atom is 0.0799 e. The van der Waals surface area contributed by atoms with Crippen LogP contribution in [-0.4, -0.2) is 22.4 Å². The van der Waals surface area contributed by atoms with Crippen LogP contribution in [-0.2, 0) is 0 Å². The Morgan fingerprint density at radius 2 is 1.58 bits per heavy atom. The van der Waals surface area contributed by atoms with E-state index >= 15 is 0 Å². The van der Waals surface area contributed by atoms with Gasteiger partial charge in [-0.05, 0) is 18.8 Å². The molecule has 0 aliphatic heterocycles. The third kappa shape index (κ3) is 5.56. The highest BCUT2D eigenvalue weighted by Crippen LogP contribution is 2.11. The van der Waals surface area contributed by atoms with E-state index in [1.165, 1.54) is 0 Å². The van der Waals surface area contributed by atoms with E-state index in [4.69, 9.17) is 0 Å². The van der Waals surface area contributed by atoms with Crippen molar-refractivity contribution in [3.05, 3.63) is 0 Å². The molecule has 2 N–H and O–H groups in total. The second-order valence-corrected chi connectivity index (χ2v) is 3.87. The van der Waals surface area contributed by atoms with Crippen LogP contribution in [0.4, 0.5) is 0 Å². The number of hydrogen-bond donors (Lipinski definition) is 2. The average molecular weight is 174 g/mol. The molecule has 0 amide bonds. The Balaban J connectivity index is 3.37. The van der Waals surface area contributed by atoms with Crippen LogP contribution >= 0.6 is 0 Å². The average Bonchev–Trinajstić information content (AvgIpc) is 2.02. The van der Waals surface area contributed by atoms with E-state index in [0.29, 0.717) is 12.3 Å². The van der Waals surface area contributed by atoms with Gasteiger partial charge in [0, 0.05) is 0 Å². The fourth-order valence-corrected chi connectivity index (χ4v) is 1.20. The van der Waals surface area contributed by atoms with Crippen LogP contribution in [0.3, 0.4) is 0 Å². The lowest BCUT2D eigenvalue weighted by atomic mass is 10.0. The van der Waals surface area contributed by atoms with Crippen LogP contribution < -0.4 is 0 Å². The van der Waals surface area contributed by atoms with Gasteiger partial charge in [-0.1, -0.05) is 33.6 Å². The van der Waals surface area contributed by atoms with Crippen LogP contribution in [0, 0.1) is 5.92 Å². The van der Waals surface area contributed by atoms with Crippen molar-refractivity contribution in [3.63, 3.8) is 0 Å². The van der Waals surface area contributed by atoms with Gasteiger partial charge in [0.15, 0.2) is 0 Å². The van der Waals surface area contributed by atoms with Gasteiger partial charge >= 0.3 is 0 Å². The normalized spacial score (nSPS) is 16.5. The Kier molecular flexibility index (Phi) is 6.39. The summed E-state index contributed by atoms with van der Waals surface area (Å²) in [5.74, 6) is 0.691. The predicted octanol–water partition coefficient (Wildman–Crippen LogP) is 1.94. The third-order valence-corrected chi connectivity index (χ3v) is 2.14. The first-order valence-corrected chi connectivity index (χ1v) is 4.94. The Bertz CT molecular complexity index is 102. The van der Waals surface area contributed by atoms with Crippen LogP contribution in [0.15, 0.2) is 0 Å². The molecular weight excluding hydrogens is 152 g/mol. The zero-order valence-corrected chi connectivity index (χ0v) is 8.45. The summed E-state index contributed by atoms with van der Waals surface area (Å²) in [6.45, 7) is 6.22. The molecule has 0 unspecified atom stereocenters. The quantitative estimate of drug-likeness (QED) is 0.646. The van der Waals surface area contributed by atoms with Crippen molar-refractivity contribution in [1.29, 1.82) is 0 Å². The summed E-state index contributed by atoms with van der Waals surface area (Å²) < 4.78 is 0. The smallest absolute Gasteiger partial charge is 0.0799 e. The summed E-state index contributed by atoms with van der Waals surface area (Å²) in [6.07, 6.45) is 2.46. The maximum atomic E-state index is 9.38. The molecule has 74 valence electrons. The van der Waals surface area contributed by atoms with Crippen molar-refractivity contribution >= 4 is 0 Å². The van der Waals surface area contributed by atoms with Crippen LogP contribution in [0.5, 0.6) is 0 Å². The largest absolute Gasteiger partial charge is 0.390 e. The topological polar surface area (TPSA) is 40.5 Å². The van der Waals surface area contributed by atoms with E-state index in [-0.39, 0.29) is 0 Å². The molecule has 2 nitrogen and oxygen atoms in total. The van der Waals surface area contributed by atoms with Crippen molar-refractivity contribution in [2.75, 3.05) is 0 Å². The molecule has 0 aromatic heterocycles. The van der Waals surface area contributed by atoms with Crippen LogP contribution in [0.1, 0.15) is 46.5 Å². The molecule has 0 rings (SSSR count). The Hall–Kier alpha value is -0.0800. The molecular formula is C10H22O2. The highest BCUT2D eigenvalue weighted by molar-refractivity contribution is 4.65. The van der Waals surface area contributed by atoms with Crippen molar-refractivity contribution in [2.45, 2.75) is 58.7 Å². The van der Waals surface area contributed by atoms with Crippen LogP contribution in [0.2, 0.25) is 0 Å². The van der Waals surface area contributed by atoms with Gasteiger partial charge in [0.2, 0.25) is 0 Å². The van der Waals surface area contributed by atoms with Gasteiger partial charge in [-0.3, -0.25) is 0 Å². The molecule has 0 bridgehead atoms. The molecule has 0 heterocycles. The van der Waals surface area contributed by atoms with Gasteiger partial charge in [-0.25, -0.2) is 0 Å². The number of aliphatic hydroxyl groups excluding tert-OH is 2. The summed E-state index contributed by atoms with van der Waals surface area (Å²) in [4.78, 5) is 0. The van der Waals surface area contributed by atoms with Crippen molar-refractivity contribution in [3.8, 4) is 0 Å². The fourth-order valence-electron chi connectivity index (χ4n) is 1.20. The van der Waals surface area contributed by atoms with Gasteiger partial charge in [0.25, 0.3) is 0 Å². The molecule has 0 radical (unpaired) electrons. The van der Waals surface area contributed by atoms with E-state index in [9.17, 15) is 10.2 Å². The minimum atomic E-state index is -0.530. The molecule has 0 fully saturated rings. The second-order valence-electron chi connectivity index (χ2n) is 3.87. The number of hydrogen-bond acceptors (Lipinski definition) is 2. The molecule has 0 aromatic rings. The van der Waals surface area contributed by atoms with E-state index in [1.54, 1.807) is 0 Å². The minimum Gasteiger partial charge on any atom is -0.390 e. The summed E-state index contributed by atoms with van der Waals surface area (Å²) >= 11 is 0. The van der Waals surface area contributed by atoms with Crippen molar-refractivity contribution in [2.24, 2.45) is 5.92 Å². The van der Waals surface area contributed by atoms with E-state index in [0.717, 1.165) is 19.3 Å². The standard InChI is InChI=1S/C10H22O2/c1-4-9(11)10(12)7-5-6-8(2)3/h8-12H,4-7H2,1-3H3/t9-,10+/m1/s1. The summed E-state index contributed by atoms with van der Waals surface area (Å²) in [6, 6.07) is 0. The molecule has 2 heteroatoms. The molecule has 0 aliphatic rings. The summed E-state index contributed by atoms with van der Waals surface area (Å²) in [5, 5.41) is 18.6.